The topological polar surface area (TPSA) is 82.2 Å². The number of nitrogens with two attached hydrogens (primary N) is 1. The molecular weight excluding hydrogens is 292 g/mol. The molecule has 0 unspecified atom stereocenters. The Morgan fingerprint density at radius 3 is 2.90 bits per heavy atom. The standard InChI is InChI=1S/C14H17ClN4O2/c1-21-7-5-17-9-10-2-3-13(11(15)8-10)19-6-4-12(18-19)14(16)20/h2-4,6,8,17H,5,7,9H2,1H3,(H2,16,20). The number of rotatable bonds is 7. The summed E-state index contributed by atoms with van der Waals surface area (Å²) in [6.07, 6.45) is 1.65. The lowest BCUT2D eigenvalue weighted by atomic mass is 10.2. The summed E-state index contributed by atoms with van der Waals surface area (Å²) in [6.45, 7) is 2.14. The first-order valence-corrected chi connectivity index (χ1v) is 6.83. The van der Waals surface area contributed by atoms with Crippen LogP contribution in [-0.4, -0.2) is 35.9 Å². The summed E-state index contributed by atoms with van der Waals surface area (Å²) in [4.78, 5) is 11.1. The lowest BCUT2D eigenvalue weighted by Crippen LogP contribution is -2.18. The Kier molecular flexibility index (Phi) is 5.32. The van der Waals surface area contributed by atoms with Crippen molar-refractivity contribution in [1.82, 2.24) is 15.1 Å². The smallest absolute Gasteiger partial charge is 0.269 e. The molecule has 0 spiro atoms. The summed E-state index contributed by atoms with van der Waals surface area (Å²) in [5.41, 5.74) is 7.14. The van der Waals surface area contributed by atoms with Crippen LogP contribution in [0, 0.1) is 0 Å². The molecule has 0 radical (unpaired) electrons. The molecule has 0 aliphatic carbocycles. The summed E-state index contributed by atoms with van der Waals surface area (Å²) >= 11 is 6.26. The summed E-state index contributed by atoms with van der Waals surface area (Å²) in [5.74, 6) is -0.566. The first kappa shape index (κ1) is 15.5. The highest BCUT2D eigenvalue weighted by Crippen LogP contribution is 2.21. The molecule has 7 heteroatoms. The fourth-order valence-corrected chi connectivity index (χ4v) is 2.13. The molecule has 0 aliphatic heterocycles. The second-order valence-electron chi connectivity index (χ2n) is 4.47. The van der Waals surface area contributed by atoms with Gasteiger partial charge in [0.15, 0.2) is 0 Å². The van der Waals surface area contributed by atoms with Gasteiger partial charge in [-0.15, -0.1) is 0 Å². The van der Waals surface area contributed by atoms with Crippen molar-refractivity contribution in [3.05, 3.63) is 46.7 Å². The summed E-state index contributed by atoms with van der Waals surface area (Å²) < 4.78 is 6.50. The third-order valence-electron chi connectivity index (χ3n) is 2.91. The van der Waals surface area contributed by atoms with Crippen LogP contribution in [0.4, 0.5) is 0 Å². The fourth-order valence-electron chi connectivity index (χ4n) is 1.84. The van der Waals surface area contributed by atoms with Crippen LogP contribution < -0.4 is 11.1 Å². The van der Waals surface area contributed by atoms with E-state index in [1.54, 1.807) is 19.4 Å². The van der Waals surface area contributed by atoms with Gasteiger partial charge in [0.2, 0.25) is 0 Å². The second-order valence-corrected chi connectivity index (χ2v) is 4.87. The Balaban J connectivity index is 2.09. The summed E-state index contributed by atoms with van der Waals surface area (Å²) in [5, 5.41) is 7.88. The molecule has 0 aliphatic rings. The van der Waals surface area contributed by atoms with Gasteiger partial charge in [-0.25, -0.2) is 4.68 Å². The van der Waals surface area contributed by atoms with E-state index in [0.717, 1.165) is 12.1 Å². The maximum Gasteiger partial charge on any atom is 0.269 e. The van der Waals surface area contributed by atoms with Gasteiger partial charge in [0, 0.05) is 26.4 Å². The van der Waals surface area contributed by atoms with Gasteiger partial charge in [0.25, 0.3) is 5.91 Å². The Hall–Kier alpha value is -1.89. The SMILES string of the molecule is COCCNCc1ccc(-n2ccc(C(N)=O)n2)c(Cl)c1. The van der Waals surface area contributed by atoms with Crippen LogP contribution in [0.2, 0.25) is 5.02 Å². The van der Waals surface area contributed by atoms with Crippen molar-refractivity contribution in [3.8, 4) is 5.69 Å². The van der Waals surface area contributed by atoms with Crippen LogP contribution in [0.1, 0.15) is 16.1 Å². The van der Waals surface area contributed by atoms with E-state index in [2.05, 4.69) is 10.4 Å². The highest BCUT2D eigenvalue weighted by Gasteiger charge is 2.09. The van der Waals surface area contributed by atoms with Gasteiger partial charge in [-0.1, -0.05) is 17.7 Å². The molecule has 0 bridgehead atoms. The molecule has 1 aromatic carbocycles. The van der Waals surface area contributed by atoms with Crippen molar-refractivity contribution in [1.29, 1.82) is 0 Å². The number of hydrogen-bond acceptors (Lipinski definition) is 4. The van der Waals surface area contributed by atoms with E-state index in [9.17, 15) is 4.79 Å². The largest absolute Gasteiger partial charge is 0.383 e. The molecule has 2 rings (SSSR count). The van der Waals surface area contributed by atoms with Crippen molar-refractivity contribution in [3.63, 3.8) is 0 Å². The van der Waals surface area contributed by atoms with Gasteiger partial charge in [0.05, 0.1) is 17.3 Å². The molecule has 6 nitrogen and oxygen atoms in total. The van der Waals surface area contributed by atoms with Crippen LogP contribution in [0.3, 0.4) is 0 Å². The lowest BCUT2D eigenvalue weighted by Gasteiger charge is -2.08. The molecule has 3 N–H and O–H groups in total. The number of nitrogens with zero attached hydrogens (tertiary/aromatic N) is 2. The number of carbonyl (C=O) groups excluding carboxylic acids is 1. The molecular formula is C14H17ClN4O2. The van der Waals surface area contributed by atoms with E-state index in [1.807, 2.05) is 18.2 Å². The number of carbonyl (C=O) groups is 1. The van der Waals surface area contributed by atoms with E-state index in [4.69, 9.17) is 22.1 Å². The highest BCUT2D eigenvalue weighted by atomic mass is 35.5. The first-order valence-electron chi connectivity index (χ1n) is 6.45. The summed E-state index contributed by atoms with van der Waals surface area (Å²) in [6, 6.07) is 7.22. The van der Waals surface area contributed by atoms with Gasteiger partial charge in [0.1, 0.15) is 5.69 Å². The third kappa shape index (κ3) is 4.04. The lowest BCUT2D eigenvalue weighted by molar-refractivity contribution is 0.0995. The molecule has 112 valence electrons. The predicted molar refractivity (Wildman–Crippen MR) is 80.7 cm³/mol. The number of nitrogens with one attached hydrogen (secondary N) is 1. The summed E-state index contributed by atoms with van der Waals surface area (Å²) in [7, 11) is 1.66. The minimum Gasteiger partial charge on any atom is -0.383 e. The van der Waals surface area contributed by atoms with Crippen LogP contribution in [0.15, 0.2) is 30.5 Å². The minimum absolute atomic E-state index is 0.205. The van der Waals surface area contributed by atoms with E-state index in [1.165, 1.54) is 4.68 Å². The molecule has 1 amide bonds. The Morgan fingerprint density at radius 2 is 2.29 bits per heavy atom. The average Bonchev–Trinajstić information content (AvgIpc) is 2.93. The average molecular weight is 309 g/mol. The van der Waals surface area contributed by atoms with Gasteiger partial charge in [-0.05, 0) is 23.8 Å². The van der Waals surface area contributed by atoms with E-state index >= 15 is 0 Å². The molecule has 0 saturated heterocycles. The van der Waals surface area contributed by atoms with Crippen LogP contribution in [-0.2, 0) is 11.3 Å². The van der Waals surface area contributed by atoms with Gasteiger partial charge in [-0.2, -0.15) is 5.10 Å². The highest BCUT2D eigenvalue weighted by molar-refractivity contribution is 6.32. The normalized spacial score (nSPS) is 10.8. The van der Waals surface area contributed by atoms with Crippen molar-refractivity contribution in [2.45, 2.75) is 6.54 Å². The number of ether oxygens (including phenoxy) is 1. The van der Waals surface area contributed by atoms with Crippen molar-refractivity contribution >= 4 is 17.5 Å². The van der Waals surface area contributed by atoms with Gasteiger partial charge in [-0.3, -0.25) is 4.79 Å². The Bertz CT molecular complexity index is 627. The number of aromatic nitrogens is 2. The third-order valence-corrected chi connectivity index (χ3v) is 3.22. The number of halogens is 1. The van der Waals surface area contributed by atoms with Crippen LogP contribution in [0.5, 0.6) is 0 Å². The number of methoxy groups -OCH3 is 1. The molecule has 0 atom stereocenters. The molecule has 2 aromatic rings. The zero-order chi connectivity index (χ0) is 15.2. The monoisotopic (exact) mass is 308 g/mol. The predicted octanol–water partition coefficient (Wildman–Crippen LogP) is 1.36. The number of amides is 1. The van der Waals surface area contributed by atoms with Gasteiger partial charge < -0.3 is 15.8 Å². The van der Waals surface area contributed by atoms with Crippen LogP contribution in [0.25, 0.3) is 5.69 Å². The molecule has 1 heterocycles. The molecule has 21 heavy (non-hydrogen) atoms. The second kappa shape index (κ2) is 7.21. The molecule has 1 aromatic heterocycles. The van der Waals surface area contributed by atoms with Crippen molar-refractivity contribution < 1.29 is 9.53 Å². The number of benzene rings is 1. The maximum atomic E-state index is 11.1. The Morgan fingerprint density at radius 1 is 1.48 bits per heavy atom. The van der Waals surface area contributed by atoms with Crippen molar-refractivity contribution in [2.24, 2.45) is 5.73 Å². The number of hydrogen-bond donors (Lipinski definition) is 2. The fraction of sp³-hybridized carbons (Fsp3) is 0.286. The zero-order valence-electron chi connectivity index (χ0n) is 11.7. The maximum absolute atomic E-state index is 11.1. The van der Waals surface area contributed by atoms with E-state index < -0.39 is 5.91 Å². The van der Waals surface area contributed by atoms with Crippen molar-refractivity contribution in [2.75, 3.05) is 20.3 Å². The minimum atomic E-state index is -0.566. The first-order chi connectivity index (χ1) is 10.1. The van der Waals surface area contributed by atoms with E-state index in [-0.39, 0.29) is 5.69 Å². The molecule has 0 fully saturated rings. The van der Waals surface area contributed by atoms with Gasteiger partial charge >= 0.3 is 0 Å². The number of primary amides is 1. The van der Waals surface area contributed by atoms with Crippen LogP contribution >= 0.6 is 11.6 Å². The molecule has 0 saturated carbocycles. The Labute approximate surface area is 127 Å². The zero-order valence-corrected chi connectivity index (χ0v) is 12.4. The quantitative estimate of drug-likeness (QED) is 0.757. The van der Waals surface area contributed by atoms with E-state index in [0.29, 0.717) is 23.9 Å².